The molecule has 0 aliphatic heterocycles. The molecule has 4 heteroatoms. The fraction of sp³-hybridized carbons (Fsp3) is 0.300. The molecule has 0 amide bonds. The van der Waals surface area contributed by atoms with Crippen LogP contribution in [0.4, 0.5) is 0 Å². The highest BCUT2D eigenvalue weighted by Gasteiger charge is 2.12. The summed E-state index contributed by atoms with van der Waals surface area (Å²) in [7, 11) is 0. The topological polar surface area (TPSA) is 55.0 Å². The van der Waals surface area contributed by atoms with Crippen molar-refractivity contribution in [3.8, 4) is 17.1 Å². The lowest BCUT2D eigenvalue weighted by Gasteiger charge is -2.13. The van der Waals surface area contributed by atoms with Gasteiger partial charge in [0, 0.05) is 5.56 Å². The summed E-state index contributed by atoms with van der Waals surface area (Å²) in [5, 5.41) is 0.607. The van der Waals surface area contributed by atoms with Gasteiger partial charge >= 0.3 is 0 Å². The largest absolute Gasteiger partial charge is 0.494 e. The number of nitrogens with one attached hydrogen (secondary N) is 1. The Morgan fingerprint density at radius 2 is 1.83 bits per heavy atom. The van der Waals surface area contributed by atoms with Crippen molar-refractivity contribution in [1.82, 2.24) is 9.97 Å². The number of nitrogens with zero attached hydrogens (tertiary/aromatic N) is 1. The lowest BCUT2D eigenvalue weighted by molar-refractivity contribution is 0.309. The van der Waals surface area contributed by atoms with Gasteiger partial charge in [0.1, 0.15) is 11.6 Å². The Morgan fingerprint density at radius 1 is 1.12 bits per heavy atom. The molecule has 1 N–H and O–H groups in total. The number of fused-ring (bicyclic) bond motifs is 1. The van der Waals surface area contributed by atoms with Crippen LogP contribution in [0.2, 0.25) is 0 Å². The number of aryl methyl sites for hydroxylation is 2. The van der Waals surface area contributed by atoms with Gasteiger partial charge in [-0.15, -0.1) is 0 Å². The summed E-state index contributed by atoms with van der Waals surface area (Å²) in [4.78, 5) is 19.9. The zero-order valence-electron chi connectivity index (χ0n) is 14.3. The van der Waals surface area contributed by atoms with Crippen LogP contribution in [0.15, 0.2) is 41.2 Å². The van der Waals surface area contributed by atoms with Crippen molar-refractivity contribution in [2.24, 2.45) is 0 Å². The van der Waals surface area contributed by atoms with Crippen LogP contribution in [0.5, 0.6) is 5.75 Å². The van der Waals surface area contributed by atoms with E-state index in [1.165, 1.54) is 0 Å². The molecule has 0 saturated heterocycles. The summed E-state index contributed by atoms with van der Waals surface area (Å²) in [6.07, 6.45) is 2.15. The standard InChI is InChI=1S/C20H22N2O2/c1-4-5-10-24-15-11-13(2)18(14(3)12-15)19-21-17-9-7-6-8-16(17)20(23)22-19/h6-9,11-12H,4-5,10H2,1-3H3,(H,21,22,23). The third-order valence-corrected chi connectivity index (χ3v) is 4.12. The second-order valence-corrected chi connectivity index (χ2v) is 6.07. The van der Waals surface area contributed by atoms with Gasteiger partial charge in [0.05, 0.1) is 17.5 Å². The average Bonchev–Trinajstić information content (AvgIpc) is 2.54. The van der Waals surface area contributed by atoms with Gasteiger partial charge in [0.15, 0.2) is 0 Å². The number of aromatic amines is 1. The monoisotopic (exact) mass is 322 g/mol. The van der Waals surface area contributed by atoms with Crippen LogP contribution in [0.1, 0.15) is 30.9 Å². The molecule has 0 aliphatic rings. The predicted molar refractivity (Wildman–Crippen MR) is 97.7 cm³/mol. The average molecular weight is 322 g/mol. The van der Waals surface area contributed by atoms with E-state index in [1.807, 2.05) is 44.2 Å². The number of rotatable bonds is 5. The van der Waals surface area contributed by atoms with Gasteiger partial charge in [-0.3, -0.25) is 4.79 Å². The third kappa shape index (κ3) is 3.18. The minimum atomic E-state index is -0.113. The first-order chi connectivity index (χ1) is 11.6. The molecule has 3 rings (SSSR count). The second kappa shape index (κ2) is 6.87. The van der Waals surface area contributed by atoms with Gasteiger partial charge in [-0.2, -0.15) is 0 Å². The number of hydrogen-bond acceptors (Lipinski definition) is 3. The van der Waals surface area contributed by atoms with Gasteiger partial charge in [0.25, 0.3) is 5.56 Å². The van der Waals surface area contributed by atoms with Gasteiger partial charge in [-0.1, -0.05) is 25.5 Å². The molecule has 0 radical (unpaired) electrons. The van der Waals surface area contributed by atoms with Crippen LogP contribution in [-0.4, -0.2) is 16.6 Å². The maximum absolute atomic E-state index is 12.3. The Hall–Kier alpha value is -2.62. The molecule has 0 saturated carbocycles. The maximum atomic E-state index is 12.3. The minimum absolute atomic E-state index is 0.113. The van der Waals surface area contributed by atoms with Crippen LogP contribution in [-0.2, 0) is 0 Å². The van der Waals surface area contributed by atoms with Crippen molar-refractivity contribution >= 4 is 10.9 Å². The van der Waals surface area contributed by atoms with Crippen molar-refractivity contribution in [3.63, 3.8) is 0 Å². The maximum Gasteiger partial charge on any atom is 0.259 e. The Balaban J connectivity index is 2.05. The summed E-state index contributed by atoms with van der Waals surface area (Å²) in [6.45, 7) is 6.90. The van der Waals surface area contributed by atoms with Crippen LogP contribution in [0.25, 0.3) is 22.3 Å². The van der Waals surface area contributed by atoms with E-state index in [2.05, 4.69) is 16.9 Å². The quantitative estimate of drug-likeness (QED) is 0.709. The molecule has 0 fully saturated rings. The number of hydrogen-bond donors (Lipinski definition) is 1. The number of unbranched alkanes of at least 4 members (excludes halogenated alkanes) is 1. The molecule has 4 nitrogen and oxygen atoms in total. The lowest BCUT2D eigenvalue weighted by atomic mass is 10.0. The molecule has 0 aliphatic carbocycles. The van der Waals surface area contributed by atoms with E-state index in [-0.39, 0.29) is 5.56 Å². The van der Waals surface area contributed by atoms with Crippen LogP contribution < -0.4 is 10.3 Å². The van der Waals surface area contributed by atoms with Gasteiger partial charge in [-0.05, 0) is 55.7 Å². The number of para-hydroxylation sites is 1. The highest BCUT2D eigenvalue weighted by atomic mass is 16.5. The summed E-state index contributed by atoms with van der Waals surface area (Å²) in [5.74, 6) is 1.47. The number of ether oxygens (including phenoxy) is 1. The van der Waals surface area contributed by atoms with E-state index in [9.17, 15) is 4.79 Å². The zero-order valence-corrected chi connectivity index (χ0v) is 14.3. The molecular formula is C20H22N2O2. The number of aromatic nitrogens is 2. The van der Waals surface area contributed by atoms with Crippen molar-refractivity contribution in [2.45, 2.75) is 33.6 Å². The molecule has 0 spiro atoms. The second-order valence-electron chi connectivity index (χ2n) is 6.07. The highest BCUT2D eigenvalue weighted by molar-refractivity contribution is 5.80. The summed E-state index contributed by atoms with van der Waals surface area (Å²) < 4.78 is 5.80. The van der Waals surface area contributed by atoms with Gasteiger partial charge < -0.3 is 9.72 Å². The molecule has 1 heterocycles. The van der Waals surface area contributed by atoms with E-state index in [1.54, 1.807) is 6.07 Å². The van der Waals surface area contributed by atoms with Crippen molar-refractivity contribution < 1.29 is 4.74 Å². The minimum Gasteiger partial charge on any atom is -0.494 e. The van der Waals surface area contributed by atoms with E-state index in [0.29, 0.717) is 16.7 Å². The first-order valence-electron chi connectivity index (χ1n) is 8.33. The molecule has 24 heavy (non-hydrogen) atoms. The molecule has 0 bridgehead atoms. The molecule has 0 unspecified atom stereocenters. The summed E-state index contributed by atoms with van der Waals surface area (Å²) in [6, 6.07) is 11.4. The van der Waals surface area contributed by atoms with Crippen molar-refractivity contribution in [1.29, 1.82) is 0 Å². The van der Waals surface area contributed by atoms with E-state index < -0.39 is 0 Å². The predicted octanol–water partition coefficient (Wildman–Crippen LogP) is 4.39. The van der Waals surface area contributed by atoms with Crippen LogP contribution in [0.3, 0.4) is 0 Å². The van der Waals surface area contributed by atoms with Gasteiger partial charge in [0.2, 0.25) is 0 Å². The molecule has 2 aromatic carbocycles. The summed E-state index contributed by atoms with van der Waals surface area (Å²) >= 11 is 0. The van der Waals surface area contributed by atoms with Crippen LogP contribution in [0, 0.1) is 13.8 Å². The Labute approximate surface area is 141 Å². The fourth-order valence-corrected chi connectivity index (χ4v) is 2.92. The smallest absolute Gasteiger partial charge is 0.259 e. The molecule has 124 valence electrons. The molecule has 0 atom stereocenters. The third-order valence-electron chi connectivity index (χ3n) is 4.12. The van der Waals surface area contributed by atoms with Crippen LogP contribution >= 0.6 is 0 Å². The normalized spacial score (nSPS) is 11.0. The lowest BCUT2D eigenvalue weighted by Crippen LogP contribution is -2.10. The Bertz CT molecular complexity index is 905. The Morgan fingerprint density at radius 3 is 2.54 bits per heavy atom. The Kier molecular flexibility index (Phi) is 4.65. The van der Waals surface area contributed by atoms with Crippen molar-refractivity contribution in [3.05, 3.63) is 57.9 Å². The summed E-state index contributed by atoms with van der Waals surface area (Å²) in [5.41, 5.74) is 3.64. The van der Waals surface area contributed by atoms with Crippen molar-refractivity contribution in [2.75, 3.05) is 6.61 Å². The fourth-order valence-electron chi connectivity index (χ4n) is 2.92. The molecule has 3 aromatic rings. The number of H-pyrrole nitrogens is 1. The van der Waals surface area contributed by atoms with E-state index >= 15 is 0 Å². The first-order valence-corrected chi connectivity index (χ1v) is 8.33. The molecular weight excluding hydrogens is 300 g/mol. The first kappa shape index (κ1) is 16.2. The van der Waals surface area contributed by atoms with E-state index in [0.717, 1.165) is 41.9 Å². The SMILES string of the molecule is CCCCOc1cc(C)c(-c2nc3ccccc3c(=O)[nH]2)c(C)c1. The highest BCUT2D eigenvalue weighted by Crippen LogP contribution is 2.29. The van der Waals surface area contributed by atoms with E-state index in [4.69, 9.17) is 4.74 Å². The molecule has 1 aromatic heterocycles. The zero-order chi connectivity index (χ0) is 17.1. The van der Waals surface area contributed by atoms with Gasteiger partial charge in [-0.25, -0.2) is 4.98 Å². The number of benzene rings is 2.